The van der Waals surface area contributed by atoms with Crippen LogP contribution in [0.5, 0.6) is 0 Å². The van der Waals surface area contributed by atoms with Crippen molar-refractivity contribution >= 4 is 23.4 Å². The van der Waals surface area contributed by atoms with Crippen LogP contribution in [0.1, 0.15) is 70.6 Å². The smallest absolute Gasteiger partial charge is 0.335 e. The third-order valence-electron chi connectivity index (χ3n) is 6.83. The van der Waals surface area contributed by atoms with Crippen molar-refractivity contribution < 1.29 is 24.6 Å². The van der Waals surface area contributed by atoms with Crippen LogP contribution in [0.25, 0.3) is 5.76 Å². The van der Waals surface area contributed by atoms with E-state index in [0.717, 1.165) is 16.7 Å². The average Bonchev–Trinajstić information content (AvgIpc) is 3.10. The molecule has 0 aromatic heterocycles. The van der Waals surface area contributed by atoms with Gasteiger partial charge in [-0.25, -0.2) is 4.79 Å². The molecule has 0 bridgehead atoms. The molecule has 6 heteroatoms. The first-order valence-corrected chi connectivity index (χ1v) is 12.2. The zero-order valence-electron chi connectivity index (χ0n) is 21.7. The van der Waals surface area contributed by atoms with Gasteiger partial charge < -0.3 is 15.1 Å². The number of benzene rings is 3. The predicted octanol–water partition coefficient (Wildman–Crippen LogP) is 5.92. The lowest BCUT2D eigenvalue weighted by Gasteiger charge is -2.27. The molecule has 1 fully saturated rings. The number of likely N-dealkylation sites (tertiary alicyclic amines) is 1. The molecule has 1 amide bonds. The summed E-state index contributed by atoms with van der Waals surface area (Å²) in [5.41, 5.74) is 4.82. The standard InChI is InChI=1S/C31H31NO5/c1-18-6-7-19(2)24(16-18)27(33)25-26(21-12-14-23(15-13-21)31(3,4)5)32(29(35)28(25)34)17-20-8-10-22(11-9-20)30(36)37/h6-16,26,33H,17H2,1-5H3,(H,36,37)/b27-25+. The first kappa shape index (κ1) is 25.9. The summed E-state index contributed by atoms with van der Waals surface area (Å²) in [5.74, 6) is -2.70. The predicted molar refractivity (Wildman–Crippen MR) is 142 cm³/mol. The van der Waals surface area contributed by atoms with E-state index < -0.39 is 23.7 Å². The number of nitrogens with zero attached hydrogens (tertiary/aromatic N) is 1. The molecule has 0 saturated carbocycles. The van der Waals surface area contributed by atoms with Crippen LogP contribution in [0.15, 0.2) is 72.3 Å². The number of aliphatic hydroxyl groups is 1. The molecule has 0 spiro atoms. The van der Waals surface area contributed by atoms with E-state index in [-0.39, 0.29) is 28.9 Å². The third-order valence-corrected chi connectivity index (χ3v) is 6.83. The Hall–Kier alpha value is -4.19. The molecule has 1 atom stereocenters. The van der Waals surface area contributed by atoms with E-state index in [1.165, 1.54) is 17.0 Å². The number of hydrogen-bond acceptors (Lipinski definition) is 4. The van der Waals surface area contributed by atoms with E-state index in [1.807, 2.05) is 56.3 Å². The SMILES string of the molecule is Cc1ccc(C)c(/C(O)=C2\C(=O)C(=O)N(Cc3ccc(C(=O)O)cc3)C2c2ccc(C(C)(C)C)cc2)c1. The Kier molecular flexibility index (Phi) is 6.78. The van der Waals surface area contributed by atoms with Crippen molar-refractivity contribution in [1.29, 1.82) is 0 Å². The summed E-state index contributed by atoms with van der Waals surface area (Å²) < 4.78 is 0. The molecule has 1 saturated heterocycles. The molecular weight excluding hydrogens is 466 g/mol. The van der Waals surface area contributed by atoms with Gasteiger partial charge in [-0.1, -0.05) is 74.9 Å². The summed E-state index contributed by atoms with van der Waals surface area (Å²) in [7, 11) is 0. The number of rotatable bonds is 5. The molecule has 190 valence electrons. The molecule has 4 rings (SSSR count). The number of amides is 1. The maximum atomic E-state index is 13.4. The van der Waals surface area contributed by atoms with Gasteiger partial charge in [0, 0.05) is 12.1 Å². The van der Waals surface area contributed by atoms with Gasteiger partial charge in [0.25, 0.3) is 11.7 Å². The summed E-state index contributed by atoms with van der Waals surface area (Å²) in [6, 6.07) is 18.8. The monoisotopic (exact) mass is 497 g/mol. The highest BCUT2D eigenvalue weighted by molar-refractivity contribution is 6.46. The largest absolute Gasteiger partial charge is 0.507 e. The Labute approximate surface area is 216 Å². The molecular formula is C31H31NO5. The van der Waals surface area contributed by atoms with Crippen LogP contribution in [0.3, 0.4) is 0 Å². The van der Waals surface area contributed by atoms with Crippen LogP contribution in [0, 0.1) is 13.8 Å². The maximum Gasteiger partial charge on any atom is 0.335 e. The van der Waals surface area contributed by atoms with Gasteiger partial charge in [0.2, 0.25) is 0 Å². The fraction of sp³-hybridized carbons (Fsp3) is 0.258. The summed E-state index contributed by atoms with van der Waals surface area (Å²) in [5, 5.41) is 20.6. The first-order chi connectivity index (χ1) is 17.4. The second kappa shape index (κ2) is 9.69. The quantitative estimate of drug-likeness (QED) is 0.259. The molecule has 3 aromatic rings. The number of carbonyl (C=O) groups is 3. The van der Waals surface area contributed by atoms with Gasteiger partial charge in [0.05, 0.1) is 17.2 Å². The number of carbonyl (C=O) groups excluding carboxylic acids is 2. The molecule has 1 unspecified atom stereocenters. The highest BCUT2D eigenvalue weighted by Crippen LogP contribution is 2.41. The Morgan fingerprint density at radius 2 is 1.51 bits per heavy atom. The minimum atomic E-state index is -1.04. The van der Waals surface area contributed by atoms with Crippen molar-refractivity contribution in [3.8, 4) is 0 Å². The number of Topliss-reactive ketones (excluding diaryl/α,β-unsaturated/α-hetero) is 1. The summed E-state index contributed by atoms with van der Waals surface area (Å²) >= 11 is 0. The fourth-order valence-electron chi connectivity index (χ4n) is 4.64. The van der Waals surface area contributed by atoms with Gasteiger partial charge >= 0.3 is 5.97 Å². The molecule has 3 aromatic carbocycles. The van der Waals surface area contributed by atoms with E-state index in [9.17, 15) is 24.6 Å². The Morgan fingerprint density at radius 3 is 2.08 bits per heavy atom. The second-order valence-electron chi connectivity index (χ2n) is 10.6. The molecule has 1 heterocycles. The van der Waals surface area contributed by atoms with Crippen LogP contribution in [0.4, 0.5) is 0 Å². The van der Waals surface area contributed by atoms with Crippen LogP contribution in [0.2, 0.25) is 0 Å². The minimum Gasteiger partial charge on any atom is -0.507 e. The van der Waals surface area contributed by atoms with Crippen LogP contribution < -0.4 is 0 Å². The first-order valence-electron chi connectivity index (χ1n) is 12.2. The Bertz CT molecular complexity index is 1410. The third kappa shape index (κ3) is 5.05. The van der Waals surface area contributed by atoms with Gasteiger partial charge in [-0.15, -0.1) is 0 Å². The van der Waals surface area contributed by atoms with Crippen molar-refractivity contribution in [3.05, 3.63) is 111 Å². The number of aliphatic hydroxyl groups excluding tert-OH is 1. The fourth-order valence-corrected chi connectivity index (χ4v) is 4.64. The number of aryl methyl sites for hydroxylation is 2. The van der Waals surface area contributed by atoms with Gasteiger partial charge in [-0.3, -0.25) is 9.59 Å². The number of carboxylic acid groups (broad SMARTS) is 1. The number of ketones is 1. The van der Waals surface area contributed by atoms with Crippen LogP contribution >= 0.6 is 0 Å². The number of hydrogen-bond donors (Lipinski definition) is 2. The molecule has 2 N–H and O–H groups in total. The lowest BCUT2D eigenvalue weighted by atomic mass is 9.85. The lowest BCUT2D eigenvalue weighted by molar-refractivity contribution is -0.140. The highest BCUT2D eigenvalue weighted by Gasteiger charge is 2.46. The summed E-state index contributed by atoms with van der Waals surface area (Å²) in [6.07, 6.45) is 0. The van der Waals surface area contributed by atoms with Gasteiger partial charge in [0.1, 0.15) is 5.76 Å². The molecule has 0 aliphatic carbocycles. The van der Waals surface area contributed by atoms with Crippen molar-refractivity contribution in [2.24, 2.45) is 0 Å². The Balaban J connectivity index is 1.86. The zero-order chi connectivity index (χ0) is 27.1. The second-order valence-corrected chi connectivity index (χ2v) is 10.6. The average molecular weight is 498 g/mol. The summed E-state index contributed by atoms with van der Waals surface area (Å²) in [4.78, 5) is 39.4. The zero-order valence-corrected chi connectivity index (χ0v) is 21.7. The van der Waals surface area contributed by atoms with Crippen molar-refractivity contribution in [1.82, 2.24) is 4.90 Å². The highest BCUT2D eigenvalue weighted by atomic mass is 16.4. The van der Waals surface area contributed by atoms with E-state index in [2.05, 4.69) is 20.8 Å². The maximum absolute atomic E-state index is 13.4. The van der Waals surface area contributed by atoms with Crippen molar-refractivity contribution in [2.75, 3.05) is 0 Å². The van der Waals surface area contributed by atoms with E-state index in [0.29, 0.717) is 16.7 Å². The normalized spacial score (nSPS) is 17.3. The van der Waals surface area contributed by atoms with Gasteiger partial charge in [0.15, 0.2) is 0 Å². The summed E-state index contributed by atoms with van der Waals surface area (Å²) in [6.45, 7) is 10.2. The van der Waals surface area contributed by atoms with Crippen LogP contribution in [-0.4, -0.2) is 32.8 Å². The number of aromatic carboxylic acids is 1. The number of carboxylic acids is 1. The van der Waals surface area contributed by atoms with E-state index >= 15 is 0 Å². The van der Waals surface area contributed by atoms with Crippen molar-refractivity contribution in [2.45, 2.75) is 52.6 Å². The van der Waals surface area contributed by atoms with Crippen LogP contribution in [-0.2, 0) is 21.5 Å². The molecule has 1 aliphatic heterocycles. The van der Waals surface area contributed by atoms with Gasteiger partial charge in [-0.2, -0.15) is 0 Å². The van der Waals surface area contributed by atoms with Crippen molar-refractivity contribution in [3.63, 3.8) is 0 Å². The van der Waals surface area contributed by atoms with Gasteiger partial charge in [-0.05, 0) is 59.7 Å². The molecule has 0 radical (unpaired) electrons. The molecule has 6 nitrogen and oxygen atoms in total. The van der Waals surface area contributed by atoms with E-state index in [1.54, 1.807) is 12.1 Å². The lowest BCUT2D eigenvalue weighted by Crippen LogP contribution is -2.29. The Morgan fingerprint density at radius 1 is 0.892 bits per heavy atom. The minimum absolute atomic E-state index is 0.0457. The molecule has 37 heavy (non-hydrogen) atoms. The molecule has 1 aliphatic rings. The topological polar surface area (TPSA) is 94.9 Å². The van der Waals surface area contributed by atoms with E-state index in [4.69, 9.17) is 0 Å².